The third-order valence-electron chi connectivity index (χ3n) is 5.49. The quantitative estimate of drug-likeness (QED) is 0.546. The highest BCUT2D eigenvalue weighted by molar-refractivity contribution is 7.89. The molecule has 2 aromatic heterocycles. The van der Waals surface area contributed by atoms with Crippen LogP contribution in [-0.2, 0) is 21.4 Å². The van der Waals surface area contributed by atoms with E-state index in [0.29, 0.717) is 11.4 Å². The number of benzene rings is 1. The summed E-state index contributed by atoms with van der Waals surface area (Å²) < 4.78 is 33.8. The number of aromatic nitrogens is 2. The highest BCUT2D eigenvalue weighted by atomic mass is 32.2. The number of sulfonamides is 1. The van der Waals surface area contributed by atoms with E-state index >= 15 is 0 Å². The lowest BCUT2D eigenvalue weighted by Gasteiger charge is -2.22. The van der Waals surface area contributed by atoms with Crippen molar-refractivity contribution in [1.82, 2.24) is 13.7 Å². The van der Waals surface area contributed by atoms with E-state index in [9.17, 15) is 13.2 Å². The zero-order valence-corrected chi connectivity index (χ0v) is 18.7. The van der Waals surface area contributed by atoms with Crippen molar-refractivity contribution < 1.29 is 17.9 Å². The first kappa shape index (κ1) is 21.3. The van der Waals surface area contributed by atoms with Crippen LogP contribution in [0.25, 0.3) is 5.65 Å². The minimum Gasteiger partial charge on any atom is -0.455 e. The lowest BCUT2D eigenvalue weighted by Crippen LogP contribution is -2.24. The summed E-state index contributed by atoms with van der Waals surface area (Å²) in [5.41, 5.74) is 3.42. The molecule has 1 aliphatic heterocycles. The average Bonchev–Trinajstić information content (AvgIpc) is 3.42. The van der Waals surface area contributed by atoms with Crippen LogP contribution in [-0.4, -0.2) is 55.3 Å². The standard InChI is InChI=1S/C22H26N4O4S/c1-16-7-6-12-26-14-17(23-21(16)26)15-30-22(27)19-13-18(31(28,29)24(2)3)8-9-20(19)25-10-4-5-11-25/h6-9,12-14H,4-5,10-11,15H2,1-3H3. The zero-order valence-electron chi connectivity index (χ0n) is 17.9. The van der Waals surface area contributed by atoms with E-state index < -0.39 is 16.0 Å². The molecule has 3 heterocycles. The van der Waals surface area contributed by atoms with Crippen molar-refractivity contribution in [3.05, 3.63) is 59.5 Å². The van der Waals surface area contributed by atoms with Gasteiger partial charge >= 0.3 is 5.97 Å². The molecule has 0 unspecified atom stereocenters. The minimum absolute atomic E-state index is 0.00402. The summed E-state index contributed by atoms with van der Waals surface area (Å²) >= 11 is 0. The van der Waals surface area contributed by atoms with E-state index in [-0.39, 0.29) is 17.1 Å². The SMILES string of the molecule is Cc1cccn2cc(COC(=O)c3cc(S(=O)(=O)N(C)C)ccc3N3CCCC3)nc12. The van der Waals surface area contributed by atoms with E-state index in [1.165, 1.54) is 20.2 Å². The molecule has 31 heavy (non-hydrogen) atoms. The molecule has 8 nitrogen and oxygen atoms in total. The monoisotopic (exact) mass is 442 g/mol. The lowest BCUT2D eigenvalue weighted by molar-refractivity contribution is 0.0469. The number of anilines is 1. The van der Waals surface area contributed by atoms with Crippen LogP contribution in [0.1, 0.15) is 34.5 Å². The van der Waals surface area contributed by atoms with Gasteiger partial charge in [0.05, 0.1) is 21.8 Å². The van der Waals surface area contributed by atoms with Gasteiger partial charge in [0.15, 0.2) is 0 Å². The highest BCUT2D eigenvalue weighted by Gasteiger charge is 2.25. The Kier molecular flexibility index (Phi) is 5.72. The highest BCUT2D eigenvalue weighted by Crippen LogP contribution is 2.29. The van der Waals surface area contributed by atoms with Gasteiger partial charge in [-0.25, -0.2) is 22.5 Å². The number of rotatable bonds is 6. The summed E-state index contributed by atoms with van der Waals surface area (Å²) in [6.45, 7) is 3.62. The van der Waals surface area contributed by atoms with Gasteiger partial charge in [0.25, 0.3) is 0 Å². The van der Waals surface area contributed by atoms with Gasteiger partial charge in [-0.1, -0.05) is 6.07 Å². The number of nitrogens with zero attached hydrogens (tertiary/aromatic N) is 4. The minimum atomic E-state index is -3.67. The van der Waals surface area contributed by atoms with Crippen LogP contribution in [0.5, 0.6) is 0 Å². The van der Waals surface area contributed by atoms with Gasteiger partial charge in [-0.15, -0.1) is 0 Å². The maximum atomic E-state index is 13.0. The molecule has 0 saturated carbocycles. The third-order valence-corrected chi connectivity index (χ3v) is 7.30. The average molecular weight is 443 g/mol. The molecule has 0 spiro atoms. The van der Waals surface area contributed by atoms with E-state index in [1.807, 2.05) is 35.9 Å². The van der Waals surface area contributed by atoms with Crippen LogP contribution in [0.2, 0.25) is 0 Å². The van der Waals surface area contributed by atoms with E-state index in [4.69, 9.17) is 4.74 Å². The number of carbonyl (C=O) groups excluding carboxylic acids is 1. The molecule has 1 fully saturated rings. The summed E-state index contributed by atoms with van der Waals surface area (Å²) in [6, 6.07) is 8.56. The summed E-state index contributed by atoms with van der Waals surface area (Å²) in [6.07, 6.45) is 5.78. The van der Waals surface area contributed by atoms with E-state index in [0.717, 1.165) is 41.4 Å². The molecule has 9 heteroatoms. The molecule has 4 rings (SSSR count). The lowest BCUT2D eigenvalue weighted by atomic mass is 10.1. The molecule has 0 aliphatic carbocycles. The first-order valence-corrected chi connectivity index (χ1v) is 11.6. The predicted molar refractivity (Wildman–Crippen MR) is 118 cm³/mol. The predicted octanol–water partition coefficient (Wildman–Crippen LogP) is 2.85. The number of hydrogen-bond acceptors (Lipinski definition) is 6. The largest absolute Gasteiger partial charge is 0.455 e. The fourth-order valence-electron chi connectivity index (χ4n) is 3.77. The van der Waals surface area contributed by atoms with Crippen molar-refractivity contribution in [2.75, 3.05) is 32.1 Å². The molecule has 0 amide bonds. The molecular formula is C22H26N4O4S. The van der Waals surface area contributed by atoms with Crippen molar-refractivity contribution in [2.24, 2.45) is 0 Å². The zero-order chi connectivity index (χ0) is 22.2. The number of aryl methyl sites for hydroxylation is 1. The molecule has 0 atom stereocenters. The second-order valence-corrected chi connectivity index (χ2v) is 10.0. The Balaban J connectivity index is 1.63. The summed E-state index contributed by atoms with van der Waals surface area (Å²) in [7, 11) is -0.740. The molecule has 0 N–H and O–H groups in total. The van der Waals surface area contributed by atoms with Gasteiger partial charge in [0.1, 0.15) is 12.3 Å². The molecule has 1 aromatic carbocycles. The Morgan fingerprint density at radius 2 is 1.94 bits per heavy atom. The Labute approximate surface area is 182 Å². The van der Waals surface area contributed by atoms with Crippen molar-refractivity contribution in [1.29, 1.82) is 0 Å². The topological polar surface area (TPSA) is 84.2 Å². The number of ether oxygens (including phenoxy) is 1. The van der Waals surface area contributed by atoms with Crippen LogP contribution >= 0.6 is 0 Å². The maximum absolute atomic E-state index is 13.0. The van der Waals surface area contributed by atoms with Crippen molar-refractivity contribution >= 4 is 27.3 Å². The Morgan fingerprint density at radius 3 is 2.61 bits per heavy atom. The second kappa shape index (κ2) is 8.32. The molecule has 0 bridgehead atoms. The van der Waals surface area contributed by atoms with Crippen LogP contribution in [0.4, 0.5) is 5.69 Å². The van der Waals surface area contributed by atoms with Gasteiger partial charge < -0.3 is 14.0 Å². The normalized spacial score (nSPS) is 14.5. The molecule has 1 aliphatic rings. The van der Waals surface area contributed by atoms with Crippen molar-refractivity contribution in [2.45, 2.75) is 31.3 Å². The number of carbonyl (C=O) groups is 1. The smallest absolute Gasteiger partial charge is 0.340 e. The van der Waals surface area contributed by atoms with Crippen LogP contribution in [0.15, 0.2) is 47.6 Å². The van der Waals surface area contributed by atoms with Crippen LogP contribution in [0.3, 0.4) is 0 Å². The number of esters is 1. The Hall–Kier alpha value is -2.91. The van der Waals surface area contributed by atoms with Crippen LogP contribution < -0.4 is 4.90 Å². The number of fused-ring (bicyclic) bond motifs is 1. The molecular weight excluding hydrogens is 416 g/mol. The molecule has 164 valence electrons. The van der Waals surface area contributed by atoms with Crippen molar-refractivity contribution in [3.8, 4) is 0 Å². The molecule has 0 radical (unpaired) electrons. The number of imidazole rings is 1. The fraction of sp³-hybridized carbons (Fsp3) is 0.364. The van der Waals surface area contributed by atoms with Crippen LogP contribution in [0, 0.1) is 6.92 Å². The Morgan fingerprint density at radius 1 is 1.19 bits per heavy atom. The van der Waals surface area contributed by atoms with Gasteiger partial charge in [-0.2, -0.15) is 0 Å². The maximum Gasteiger partial charge on any atom is 0.340 e. The first-order valence-electron chi connectivity index (χ1n) is 10.2. The Bertz CT molecular complexity index is 1230. The van der Waals surface area contributed by atoms with Gasteiger partial charge in [-0.3, -0.25) is 0 Å². The summed E-state index contributed by atoms with van der Waals surface area (Å²) in [5.74, 6) is -0.563. The molecule has 1 saturated heterocycles. The molecule has 3 aromatic rings. The first-order chi connectivity index (χ1) is 14.8. The summed E-state index contributed by atoms with van der Waals surface area (Å²) in [5, 5.41) is 0. The van der Waals surface area contributed by atoms with Gasteiger partial charge in [0, 0.05) is 39.6 Å². The third kappa shape index (κ3) is 4.15. The number of pyridine rings is 1. The number of hydrogen-bond donors (Lipinski definition) is 0. The fourth-order valence-corrected chi connectivity index (χ4v) is 4.70. The van der Waals surface area contributed by atoms with E-state index in [1.54, 1.807) is 12.1 Å². The van der Waals surface area contributed by atoms with Gasteiger partial charge in [0.2, 0.25) is 10.0 Å². The van der Waals surface area contributed by atoms with E-state index in [2.05, 4.69) is 9.88 Å². The summed E-state index contributed by atoms with van der Waals surface area (Å²) in [4.78, 5) is 19.7. The second-order valence-electron chi connectivity index (χ2n) is 7.89. The van der Waals surface area contributed by atoms with Gasteiger partial charge in [-0.05, 0) is 49.6 Å². The van der Waals surface area contributed by atoms with Crippen molar-refractivity contribution in [3.63, 3.8) is 0 Å².